The normalized spacial score (nSPS) is 9.95. The molecule has 2 heterocycles. The fourth-order valence-corrected chi connectivity index (χ4v) is 1.91. The molecule has 0 aliphatic heterocycles. The quantitative estimate of drug-likeness (QED) is 0.672. The summed E-state index contributed by atoms with van der Waals surface area (Å²) in [4.78, 5) is 7.32. The molecule has 0 fully saturated rings. The van der Waals surface area contributed by atoms with Gasteiger partial charge in [-0.25, -0.2) is 4.98 Å². The summed E-state index contributed by atoms with van der Waals surface area (Å²) in [5.41, 5.74) is 2.76. The Bertz CT molecular complexity index is 778. The zero-order chi connectivity index (χ0) is 13.1. The summed E-state index contributed by atoms with van der Waals surface area (Å²) in [5.74, 6) is 7.13. The lowest BCUT2D eigenvalue weighted by molar-refractivity contribution is 0.414. The number of aromatic nitrogens is 2. The van der Waals surface area contributed by atoms with Gasteiger partial charge in [0.25, 0.3) is 0 Å². The molecule has 0 aliphatic carbocycles. The molecule has 0 atom stereocenters. The molecule has 2 aromatic heterocycles. The minimum Gasteiger partial charge on any atom is -0.497 e. The molecule has 1 N–H and O–H groups in total. The van der Waals surface area contributed by atoms with Crippen LogP contribution in [0.15, 0.2) is 48.8 Å². The number of nitrogens with one attached hydrogen (secondary N) is 1. The maximum absolute atomic E-state index is 5.18. The molecule has 0 saturated carbocycles. The van der Waals surface area contributed by atoms with Crippen LogP contribution in [-0.4, -0.2) is 17.1 Å². The minimum atomic E-state index is 0.813. The van der Waals surface area contributed by atoms with Crippen LogP contribution in [0, 0.1) is 11.8 Å². The van der Waals surface area contributed by atoms with Gasteiger partial charge in [0, 0.05) is 28.9 Å². The standard InChI is InChI=1S/C16H12N2O/c1-19-14-4-2-3-12(11-14)5-6-13-7-9-17-16-15(13)8-10-18-16/h2-4,7-11H,1H3,(H,17,18). The van der Waals surface area contributed by atoms with Gasteiger partial charge in [-0.2, -0.15) is 0 Å². The summed E-state index contributed by atoms with van der Waals surface area (Å²) in [7, 11) is 1.65. The number of hydrogen-bond donors (Lipinski definition) is 1. The Morgan fingerprint density at radius 3 is 3.00 bits per heavy atom. The third-order valence-electron chi connectivity index (χ3n) is 2.87. The predicted octanol–water partition coefficient (Wildman–Crippen LogP) is 2.97. The number of methoxy groups -OCH3 is 1. The molecule has 0 radical (unpaired) electrons. The first-order valence-electron chi connectivity index (χ1n) is 5.95. The number of fused-ring (bicyclic) bond motifs is 1. The number of rotatable bonds is 1. The third kappa shape index (κ3) is 2.29. The van der Waals surface area contributed by atoms with E-state index >= 15 is 0 Å². The van der Waals surface area contributed by atoms with Gasteiger partial charge in [0.05, 0.1) is 7.11 Å². The molecule has 3 rings (SSSR count). The first-order chi connectivity index (χ1) is 9.36. The SMILES string of the molecule is COc1cccc(C#Cc2ccnc3[nH]ccc23)c1. The van der Waals surface area contributed by atoms with E-state index in [9.17, 15) is 0 Å². The lowest BCUT2D eigenvalue weighted by Gasteiger charge is -1.98. The molecule has 3 heteroatoms. The van der Waals surface area contributed by atoms with E-state index in [4.69, 9.17) is 4.74 Å². The van der Waals surface area contributed by atoms with Crippen LogP contribution < -0.4 is 4.74 Å². The highest BCUT2D eigenvalue weighted by molar-refractivity contribution is 5.82. The summed E-state index contributed by atoms with van der Waals surface area (Å²) < 4.78 is 5.18. The van der Waals surface area contributed by atoms with E-state index < -0.39 is 0 Å². The van der Waals surface area contributed by atoms with Crippen LogP contribution in [0.3, 0.4) is 0 Å². The van der Waals surface area contributed by atoms with Gasteiger partial charge < -0.3 is 9.72 Å². The monoisotopic (exact) mass is 248 g/mol. The van der Waals surface area contributed by atoms with Crippen LogP contribution in [0.2, 0.25) is 0 Å². The van der Waals surface area contributed by atoms with Crippen molar-refractivity contribution in [2.24, 2.45) is 0 Å². The Balaban J connectivity index is 2.01. The first kappa shape index (κ1) is 11.4. The Kier molecular flexibility index (Phi) is 2.91. The van der Waals surface area contributed by atoms with Crippen molar-refractivity contribution in [3.8, 4) is 17.6 Å². The molecule has 3 nitrogen and oxygen atoms in total. The molecule has 0 amide bonds. The van der Waals surface area contributed by atoms with Crippen LogP contribution in [0.1, 0.15) is 11.1 Å². The molecule has 0 unspecified atom stereocenters. The van der Waals surface area contributed by atoms with Gasteiger partial charge in [-0.3, -0.25) is 0 Å². The van der Waals surface area contributed by atoms with Gasteiger partial charge in [-0.15, -0.1) is 0 Å². The van der Waals surface area contributed by atoms with E-state index in [1.807, 2.05) is 42.6 Å². The van der Waals surface area contributed by atoms with Crippen molar-refractivity contribution < 1.29 is 4.74 Å². The second kappa shape index (κ2) is 4.87. The number of aromatic amines is 1. The zero-order valence-electron chi connectivity index (χ0n) is 10.5. The summed E-state index contributed by atoms with van der Waals surface area (Å²) in [6, 6.07) is 11.6. The van der Waals surface area contributed by atoms with E-state index in [0.717, 1.165) is 27.9 Å². The van der Waals surface area contributed by atoms with Crippen molar-refractivity contribution in [3.63, 3.8) is 0 Å². The highest BCUT2D eigenvalue weighted by Gasteiger charge is 1.99. The number of ether oxygens (including phenoxy) is 1. The highest BCUT2D eigenvalue weighted by Crippen LogP contribution is 2.15. The fourth-order valence-electron chi connectivity index (χ4n) is 1.91. The first-order valence-corrected chi connectivity index (χ1v) is 5.95. The molecule has 0 bridgehead atoms. The molecule has 92 valence electrons. The molecule has 3 aromatic rings. The lowest BCUT2D eigenvalue weighted by Crippen LogP contribution is -1.83. The number of hydrogen-bond acceptors (Lipinski definition) is 2. The summed E-state index contributed by atoms with van der Waals surface area (Å²) in [6.07, 6.45) is 3.63. The van der Waals surface area contributed by atoms with E-state index in [0.29, 0.717) is 0 Å². The number of H-pyrrole nitrogens is 1. The van der Waals surface area contributed by atoms with Crippen molar-refractivity contribution >= 4 is 11.0 Å². The van der Waals surface area contributed by atoms with Gasteiger partial charge in [0.2, 0.25) is 0 Å². The Morgan fingerprint density at radius 1 is 1.16 bits per heavy atom. The van der Waals surface area contributed by atoms with Crippen LogP contribution in [-0.2, 0) is 0 Å². The molecule has 0 spiro atoms. The van der Waals surface area contributed by atoms with Crippen molar-refractivity contribution in [1.82, 2.24) is 9.97 Å². The van der Waals surface area contributed by atoms with E-state index in [-0.39, 0.29) is 0 Å². The minimum absolute atomic E-state index is 0.813. The lowest BCUT2D eigenvalue weighted by atomic mass is 10.1. The van der Waals surface area contributed by atoms with Crippen molar-refractivity contribution in [2.75, 3.05) is 7.11 Å². The average Bonchev–Trinajstić information content (AvgIpc) is 2.94. The molecule has 0 aliphatic rings. The van der Waals surface area contributed by atoms with Crippen molar-refractivity contribution in [2.45, 2.75) is 0 Å². The van der Waals surface area contributed by atoms with Gasteiger partial charge in [-0.1, -0.05) is 17.9 Å². The van der Waals surface area contributed by atoms with Crippen molar-refractivity contribution in [1.29, 1.82) is 0 Å². The number of nitrogens with zero attached hydrogens (tertiary/aromatic N) is 1. The van der Waals surface area contributed by atoms with E-state index in [1.54, 1.807) is 13.3 Å². The molecular formula is C16H12N2O. The van der Waals surface area contributed by atoms with Gasteiger partial charge in [0.1, 0.15) is 11.4 Å². The van der Waals surface area contributed by atoms with E-state index in [1.165, 1.54) is 0 Å². The Morgan fingerprint density at radius 2 is 2.11 bits per heavy atom. The number of pyridine rings is 1. The summed E-state index contributed by atoms with van der Waals surface area (Å²) >= 11 is 0. The number of benzene rings is 1. The third-order valence-corrected chi connectivity index (χ3v) is 2.87. The summed E-state index contributed by atoms with van der Waals surface area (Å²) in [6.45, 7) is 0. The van der Waals surface area contributed by atoms with Crippen LogP contribution >= 0.6 is 0 Å². The zero-order valence-corrected chi connectivity index (χ0v) is 10.5. The second-order valence-electron chi connectivity index (χ2n) is 4.08. The van der Waals surface area contributed by atoms with Gasteiger partial charge >= 0.3 is 0 Å². The predicted molar refractivity (Wildman–Crippen MR) is 75.1 cm³/mol. The van der Waals surface area contributed by atoms with Crippen LogP contribution in [0.4, 0.5) is 0 Å². The maximum Gasteiger partial charge on any atom is 0.138 e. The van der Waals surface area contributed by atoms with Crippen molar-refractivity contribution in [3.05, 3.63) is 59.9 Å². The fraction of sp³-hybridized carbons (Fsp3) is 0.0625. The summed E-state index contributed by atoms with van der Waals surface area (Å²) in [5, 5.41) is 1.04. The smallest absolute Gasteiger partial charge is 0.138 e. The topological polar surface area (TPSA) is 37.9 Å². The highest BCUT2D eigenvalue weighted by atomic mass is 16.5. The largest absolute Gasteiger partial charge is 0.497 e. The average molecular weight is 248 g/mol. The van der Waals surface area contributed by atoms with Crippen LogP contribution in [0.25, 0.3) is 11.0 Å². The molecule has 1 aromatic carbocycles. The maximum atomic E-state index is 5.18. The Hall–Kier alpha value is -2.73. The molecule has 0 saturated heterocycles. The van der Waals surface area contributed by atoms with Gasteiger partial charge in [0.15, 0.2) is 0 Å². The molecule has 19 heavy (non-hydrogen) atoms. The molecular weight excluding hydrogens is 236 g/mol. The van der Waals surface area contributed by atoms with Crippen LogP contribution in [0.5, 0.6) is 5.75 Å². The Labute approximate surface area is 111 Å². The van der Waals surface area contributed by atoms with E-state index in [2.05, 4.69) is 21.8 Å². The second-order valence-corrected chi connectivity index (χ2v) is 4.08. The van der Waals surface area contributed by atoms with Gasteiger partial charge in [-0.05, 0) is 30.3 Å².